The summed E-state index contributed by atoms with van der Waals surface area (Å²) in [5, 5.41) is 15.0. The van der Waals surface area contributed by atoms with Crippen molar-refractivity contribution < 1.29 is 19.0 Å². The molecule has 32 heavy (non-hydrogen) atoms. The first-order valence-corrected chi connectivity index (χ1v) is 11.1. The molecule has 1 unspecified atom stereocenters. The SMILES string of the molecule is COc1c(C(=O)NC2CCCC[C@@H]2O)cc(Cc2ccc(N3C=CCN3)cc2)c(C)c1F. The van der Waals surface area contributed by atoms with E-state index in [0.717, 1.165) is 36.2 Å². The molecule has 0 saturated heterocycles. The van der Waals surface area contributed by atoms with Gasteiger partial charge in [0.05, 0.1) is 30.5 Å². The highest BCUT2D eigenvalue weighted by atomic mass is 19.1. The molecule has 170 valence electrons. The lowest BCUT2D eigenvalue weighted by Gasteiger charge is -2.28. The summed E-state index contributed by atoms with van der Waals surface area (Å²) in [6.45, 7) is 2.50. The van der Waals surface area contributed by atoms with E-state index in [9.17, 15) is 9.90 Å². The molecule has 4 rings (SSSR count). The van der Waals surface area contributed by atoms with Crippen LogP contribution in [0.2, 0.25) is 0 Å². The lowest BCUT2D eigenvalue weighted by Crippen LogP contribution is -2.45. The van der Waals surface area contributed by atoms with Crippen molar-refractivity contribution >= 4 is 11.6 Å². The zero-order chi connectivity index (χ0) is 22.7. The number of nitrogens with one attached hydrogen (secondary N) is 2. The predicted octanol–water partition coefficient (Wildman–Crippen LogP) is 3.61. The Morgan fingerprint density at radius 2 is 2.03 bits per heavy atom. The zero-order valence-corrected chi connectivity index (χ0v) is 18.5. The van der Waals surface area contributed by atoms with Crippen molar-refractivity contribution in [1.82, 2.24) is 10.7 Å². The van der Waals surface area contributed by atoms with Crippen molar-refractivity contribution in [2.75, 3.05) is 18.7 Å². The monoisotopic (exact) mass is 439 g/mol. The largest absolute Gasteiger partial charge is 0.493 e. The normalized spacial score (nSPS) is 20.4. The topological polar surface area (TPSA) is 73.8 Å². The summed E-state index contributed by atoms with van der Waals surface area (Å²) in [5.41, 5.74) is 6.60. The van der Waals surface area contributed by atoms with E-state index >= 15 is 4.39 Å². The van der Waals surface area contributed by atoms with Crippen LogP contribution in [0.15, 0.2) is 42.6 Å². The third kappa shape index (κ3) is 4.64. The number of benzene rings is 2. The van der Waals surface area contributed by atoms with Crippen molar-refractivity contribution in [3.05, 3.63) is 70.7 Å². The Kier molecular flexibility index (Phi) is 6.77. The summed E-state index contributed by atoms with van der Waals surface area (Å²) in [6.07, 6.45) is 7.20. The van der Waals surface area contributed by atoms with Gasteiger partial charge in [0.15, 0.2) is 11.6 Å². The molecule has 1 fully saturated rings. The lowest BCUT2D eigenvalue weighted by atomic mass is 9.92. The van der Waals surface area contributed by atoms with E-state index in [4.69, 9.17) is 4.74 Å². The summed E-state index contributed by atoms with van der Waals surface area (Å²) in [5.74, 6) is -1.01. The molecule has 2 aromatic rings. The van der Waals surface area contributed by atoms with Gasteiger partial charge in [-0.3, -0.25) is 9.80 Å². The van der Waals surface area contributed by atoms with E-state index in [1.54, 1.807) is 13.0 Å². The third-order valence-electron chi connectivity index (χ3n) is 6.31. The van der Waals surface area contributed by atoms with Gasteiger partial charge in [0, 0.05) is 12.7 Å². The van der Waals surface area contributed by atoms with Crippen LogP contribution in [0.4, 0.5) is 10.1 Å². The molecule has 0 bridgehead atoms. The Bertz CT molecular complexity index is 1010. The van der Waals surface area contributed by atoms with E-state index in [1.165, 1.54) is 7.11 Å². The number of halogens is 1. The van der Waals surface area contributed by atoms with Crippen LogP contribution < -0.4 is 20.5 Å². The molecular formula is C25H30FN3O3. The highest BCUT2D eigenvalue weighted by Gasteiger charge is 2.28. The second-order valence-corrected chi connectivity index (χ2v) is 8.45. The van der Waals surface area contributed by atoms with Crippen molar-refractivity contribution in [1.29, 1.82) is 0 Å². The molecule has 2 aromatic carbocycles. The van der Waals surface area contributed by atoms with Crippen LogP contribution in [0, 0.1) is 12.7 Å². The van der Waals surface area contributed by atoms with Gasteiger partial charge in [-0.15, -0.1) is 0 Å². The summed E-state index contributed by atoms with van der Waals surface area (Å²) in [4.78, 5) is 13.0. The molecule has 3 N–H and O–H groups in total. The van der Waals surface area contributed by atoms with Gasteiger partial charge in [0.1, 0.15) is 0 Å². The summed E-state index contributed by atoms with van der Waals surface area (Å²) >= 11 is 0. The minimum Gasteiger partial charge on any atom is -0.493 e. The number of hydrogen-bond acceptors (Lipinski definition) is 5. The number of carbonyl (C=O) groups excluding carboxylic acids is 1. The number of hydrazine groups is 1. The number of hydrogen-bond donors (Lipinski definition) is 3. The first kappa shape index (κ1) is 22.3. The van der Waals surface area contributed by atoms with Gasteiger partial charge in [-0.2, -0.15) is 0 Å². The summed E-state index contributed by atoms with van der Waals surface area (Å²) in [6, 6.07) is 9.40. The van der Waals surface area contributed by atoms with Crippen molar-refractivity contribution in [2.24, 2.45) is 0 Å². The van der Waals surface area contributed by atoms with Gasteiger partial charge in [-0.1, -0.05) is 31.1 Å². The second kappa shape index (κ2) is 9.71. The fourth-order valence-electron chi connectivity index (χ4n) is 4.39. The number of aliphatic hydroxyl groups excluding tert-OH is 1. The van der Waals surface area contributed by atoms with E-state index in [1.807, 2.05) is 41.6 Å². The molecule has 0 aromatic heterocycles. The molecule has 1 saturated carbocycles. The average molecular weight is 440 g/mol. The highest BCUT2D eigenvalue weighted by Crippen LogP contribution is 2.31. The lowest BCUT2D eigenvalue weighted by molar-refractivity contribution is 0.0714. The molecule has 1 amide bonds. The molecule has 2 aliphatic rings. The maximum Gasteiger partial charge on any atom is 0.255 e. The molecule has 1 heterocycles. The molecular weight excluding hydrogens is 409 g/mol. The number of nitrogens with zero attached hydrogens (tertiary/aromatic N) is 1. The van der Waals surface area contributed by atoms with Crippen LogP contribution in [0.3, 0.4) is 0 Å². The minimum atomic E-state index is -0.577. The maximum atomic E-state index is 15.1. The molecule has 0 radical (unpaired) electrons. The first-order valence-electron chi connectivity index (χ1n) is 11.1. The summed E-state index contributed by atoms with van der Waals surface area (Å²) in [7, 11) is 1.36. The first-order chi connectivity index (χ1) is 15.5. The van der Waals surface area contributed by atoms with E-state index in [0.29, 0.717) is 24.8 Å². The van der Waals surface area contributed by atoms with Gasteiger partial charge >= 0.3 is 0 Å². The number of methoxy groups -OCH3 is 1. The smallest absolute Gasteiger partial charge is 0.255 e. The van der Waals surface area contributed by atoms with Gasteiger partial charge in [0.2, 0.25) is 0 Å². The molecule has 6 nitrogen and oxygen atoms in total. The summed E-state index contributed by atoms with van der Waals surface area (Å²) < 4.78 is 20.4. The Morgan fingerprint density at radius 1 is 1.28 bits per heavy atom. The highest BCUT2D eigenvalue weighted by molar-refractivity contribution is 5.97. The fourth-order valence-corrected chi connectivity index (χ4v) is 4.39. The molecule has 0 spiro atoms. The van der Waals surface area contributed by atoms with Crippen LogP contribution >= 0.6 is 0 Å². The molecule has 1 aliphatic carbocycles. The third-order valence-corrected chi connectivity index (χ3v) is 6.31. The number of amides is 1. The molecule has 7 heteroatoms. The second-order valence-electron chi connectivity index (χ2n) is 8.45. The fraction of sp³-hybridized carbons (Fsp3) is 0.400. The van der Waals surface area contributed by atoms with Crippen LogP contribution in [0.25, 0.3) is 0 Å². The molecule has 1 aliphatic heterocycles. The van der Waals surface area contributed by atoms with Gasteiger partial charge in [-0.25, -0.2) is 9.82 Å². The van der Waals surface area contributed by atoms with Crippen LogP contribution in [0.1, 0.15) is 52.7 Å². The van der Waals surface area contributed by atoms with Crippen molar-refractivity contribution in [3.8, 4) is 5.75 Å². The standard InChI is InChI=1S/C25H30FN3O3/c1-16-18(14-17-8-10-19(11-9-17)29-13-5-12-27-29)15-20(24(32-2)23(16)26)25(31)28-21-6-3-4-7-22(21)30/h5,8-11,13,15,21-22,27,30H,3-4,6-7,12,14H2,1-2H3,(H,28,31)/t21?,22-/m0/s1. The number of aliphatic hydroxyl groups is 1. The Morgan fingerprint density at radius 3 is 2.69 bits per heavy atom. The van der Waals surface area contributed by atoms with Gasteiger partial charge < -0.3 is 15.2 Å². The predicted molar refractivity (Wildman–Crippen MR) is 122 cm³/mol. The van der Waals surface area contributed by atoms with Crippen molar-refractivity contribution in [2.45, 2.75) is 51.2 Å². The zero-order valence-electron chi connectivity index (χ0n) is 18.5. The number of rotatable bonds is 6. The quantitative estimate of drug-likeness (QED) is 0.641. The Labute approximate surface area is 188 Å². The van der Waals surface area contributed by atoms with Gasteiger partial charge in [-0.05, 0) is 61.1 Å². The van der Waals surface area contributed by atoms with E-state index in [2.05, 4.69) is 10.7 Å². The average Bonchev–Trinajstić information content (AvgIpc) is 3.34. The Hall–Kier alpha value is -2.90. The van der Waals surface area contributed by atoms with E-state index < -0.39 is 17.8 Å². The molecule has 2 atom stereocenters. The van der Waals surface area contributed by atoms with Gasteiger partial charge in [0.25, 0.3) is 5.91 Å². The number of carbonyl (C=O) groups is 1. The minimum absolute atomic E-state index is 0.0590. The van der Waals surface area contributed by atoms with Crippen molar-refractivity contribution in [3.63, 3.8) is 0 Å². The van der Waals surface area contributed by atoms with Crippen LogP contribution in [-0.2, 0) is 6.42 Å². The Balaban J connectivity index is 1.57. The van der Waals surface area contributed by atoms with Crippen LogP contribution in [-0.4, -0.2) is 36.8 Å². The number of ether oxygens (including phenoxy) is 1. The van der Waals surface area contributed by atoms with E-state index in [-0.39, 0.29) is 17.4 Å². The van der Waals surface area contributed by atoms with Crippen LogP contribution in [0.5, 0.6) is 5.75 Å². The maximum absolute atomic E-state index is 15.1. The number of anilines is 1.